The largest absolute Gasteiger partial charge is 0.465 e. The summed E-state index contributed by atoms with van der Waals surface area (Å²) in [6.45, 7) is 0. The molecule has 1 saturated carbocycles. The van der Waals surface area contributed by atoms with Crippen LogP contribution < -0.4 is 5.32 Å². The highest BCUT2D eigenvalue weighted by molar-refractivity contribution is 7.16. The van der Waals surface area contributed by atoms with Crippen molar-refractivity contribution in [1.82, 2.24) is 4.90 Å². The molecule has 4 rings (SSSR count). The molecule has 0 bridgehead atoms. The molecule has 2 aromatic heterocycles. The van der Waals surface area contributed by atoms with E-state index in [0.717, 1.165) is 36.1 Å². The van der Waals surface area contributed by atoms with Crippen molar-refractivity contribution in [3.05, 3.63) is 46.2 Å². The first-order valence-corrected chi connectivity index (χ1v) is 11.4. The normalized spacial score (nSPS) is 18.5. The second kappa shape index (κ2) is 9.40. The molecule has 2 aromatic rings. The van der Waals surface area contributed by atoms with Crippen LogP contribution in [0.4, 0.5) is 9.80 Å². The highest BCUT2D eigenvalue weighted by Crippen LogP contribution is 2.38. The Hall–Kier alpha value is -3.05. The van der Waals surface area contributed by atoms with Crippen molar-refractivity contribution in [3.63, 3.8) is 0 Å². The zero-order valence-corrected chi connectivity index (χ0v) is 18.2. The summed E-state index contributed by atoms with van der Waals surface area (Å²) >= 11 is 1.39. The van der Waals surface area contributed by atoms with Crippen molar-refractivity contribution in [2.45, 2.75) is 57.1 Å². The molecule has 1 N–H and O–H groups in total. The van der Waals surface area contributed by atoms with Crippen molar-refractivity contribution < 1.29 is 18.7 Å². The average Bonchev–Trinajstić information content (AvgIpc) is 3.52. The minimum absolute atomic E-state index is 0.212. The number of thiophene rings is 1. The molecule has 162 valence electrons. The van der Waals surface area contributed by atoms with Crippen LogP contribution in [0.1, 0.15) is 53.9 Å². The zero-order valence-electron chi connectivity index (χ0n) is 17.4. The van der Waals surface area contributed by atoms with Crippen LogP contribution in [-0.4, -0.2) is 36.1 Å². The number of carbonyl (C=O) groups excluding carboxylic acids is 2. The summed E-state index contributed by atoms with van der Waals surface area (Å²) in [6.07, 6.45) is 10.3. The van der Waals surface area contributed by atoms with Crippen LogP contribution in [-0.2, 0) is 22.4 Å². The van der Waals surface area contributed by atoms with E-state index in [2.05, 4.69) is 11.4 Å². The number of carbonyl (C=O) groups is 2. The van der Waals surface area contributed by atoms with E-state index >= 15 is 0 Å². The van der Waals surface area contributed by atoms with Crippen LogP contribution in [0.25, 0.3) is 6.08 Å². The van der Waals surface area contributed by atoms with Gasteiger partial charge in [0.15, 0.2) is 0 Å². The minimum atomic E-state index is -0.326. The number of hydrogen-bond acceptors (Lipinski definition) is 6. The lowest BCUT2D eigenvalue weighted by molar-refractivity contribution is -0.111. The first-order chi connectivity index (χ1) is 15.0. The number of rotatable bonds is 5. The fraction of sp³-hybridized carbons (Fsp3) is 0.435. The third-order valence-corrected chi connectivity index (χ3v) is 7.11. The predicted octanol–water partition coefficient (Wildman–Crippen LogP) is 4.73. The second-order valence-corrected chi connectivity index (χ2v) is 9.06. The maximum atomic E-state index is 12.5. The molecule has 1 unspecified atom stereocenters. The van der Waals surface area contributed by atoms with Crippen LogP contribution >= 0.6 is 11.3 Å². The first kappa shape index (κ1) is 21.2. The van der Waals surface area contributed by atoms with E-state index in [1.807, 2.05) is 7.05 Å². The van der Waals surface area contributed by atoms with Crippen molar-refractivity contribution in [1.29, 1.82) is 5.26 Å². The molecule has 8 heteroatoms. The number of ether oxygens (including phenoxy) is 1. The number of nitriles is 1. The summed E-state index contributed by atoms with van der Waals surface area (Å²) in [7, 11) is 1.81. The van der Waals surface area contributed by atoms with Crippen molar-refractivity contribution in [2.75, 3.05) is 12.4 Å². The van der Waals surface area contributed by atoms with E-state index in [1.165, 1.54) is 23.7 Å². The maximum Gasteiger partial charge on any atom is 0.410 e. The Morgan fingerprint density at radius 3 is 2.87 bits per heavy atom. The molecule has 0 spiro atoms. The maximum absolute atomic E-state index is 12.5. The predicted molar refractivity (Wildman–Crippen MR) is 118 cm³/mol. The van der Waals surface area contributed by atoms with Gasteiger partial charge in [0.25, 0.3) is 0 Å². The number of hydrogen-bond donors (Lipinski definition) is 1. The SMILES string of the molecule is CN(C(=O)OC1CCc2c(sc(NC(=O)C=Cc3ccco3)c2C#N)C1)C1CCCC1. The number of nitrogens with zero attached hydrogens (tertiary/aromatic N) is 2. The van der Waals surface area contributed by atoms with Gasteiger partial charge in [0.1, 0.15) is 22.9 Å². The van der Waals surface area contributed by atoms with Gasteiger partial charge in [0, 0.05) is 30.5 Å². The van der Waals surface area contributed by atoms with E-state index in [9.17, 15) is 14.9 Å². The van der Waals surface area contributed by atoms with Gasteiger partial charge in [-0.2, -0.15) is 5.26 Å². The van der Waals surface area contributed by atoms with Crippen LogP contribution in [0.15, 0.2) is 28.9 Å². The van der Waals surface area contributed by atoms with E-state index in [1.54, 1.807) is 23.1 Å². The molecule has 2 aliphatic rings. The van der Waals surface area contributed by atoms with E-state index in [0.29, 0.717) is 35.6 Å². The summed E-state index contributed by atoms with van der Waals surface area (Å²) in [6, 6.07) is 5.99. The van der Waals surface area contributed by atoms with Crippen LogP contribution in [0.5, 0.6) is 0 Å². The van der Waals surface area contributed by atoms with E-state index in [-0.39, 0.29) is 24.1 Å². The molecule has 1 fully saturated rings. The van der Waals surface area contributed by atoms with Gasteiger partial charge in [-0.25, -0.2) is 4.79 Å². The Morgan fingerprint density at radius 1 is 1.35 bits per heavy atom. The Bertz CT molecular complexity index is 1010. The summed E-state index contributed by atoms with van der Waals surface area (Å²) < 4.78 is 10.9. The van der Waals surface area contributed by atoms with E-state index in [4.69, 9.17) is 9.15 Å². The van der Waals surface area contributed by atoms with Gasteiger partial charge in [-0.05, 0) is 49.5 Å². The molecule has 0 radical (unpaired) electrons. The Kier molecular flexibility index (Phi) is 6.42. The summed E-state index contributed by atoms with van der Waals surface area (Å²) in [4.78, 5) is 27.5. The topological polar surface area (TPSA) is 95.6 Å². The van der Waals surface area contributed by atoms with Gasteiger partial charge >= 0.3 is 6.09 Å². The van der Waals surface area contributed by atoms with Gasteiger partial charge in [0.05, 0.1) is 11.8 Å². The molecule has 1 atom stereocenters. The average molecular weight is 440 g/mol. The summed E-state index contributed by atoms with van der Waals surface area (Å²) in [5.74, 6) is 0.251. The lowest BCUT2D eigenvalue weighted by atomic mass is 9.94. The third-order valence-electron chi connectivity index (χ3n) is 5.94. The molecule has 7 nitrogen and oxygen atoms in total. The fourth-order valence-corrected chi connectivity index (χ4v) is 5.49. The number of amides is 2. The zero-order chi connectivity index (χ0) is 21.8. The molecule has 0 saturated heterocycles. The van der Waals surface area contributed by atoms with Crippen molar-refractivity contribution in [3.8, 4) is 6.07 Å². The van der Waals surface area contributed by atoms with Gasteiger partial charge in [0.2, 0.25) is 5.91 Å². The first-order valence-electron chi connectivity index (χ1n) is 10.6. The van der Waals surface area contributed by atoms with Gasteiger partial charge < -0.3 is 19.4 Å². The quantitative estimate of drug-likeness (QED) is 0.680. The third kappa shape index (κ3) is 4.83. The number of nitrogens with one attached hydrogen (secondary N) is 1. The highest BCUT2D eigenvalue weighted by Gasteiger charge is 2.31. The lowest BCUT2D eigenvalue weighted by Gasteiger charge is -2.28. The highest BCUT2D eigenvalue weighted by atomic mass is 32.1. The van der Waals surface area contributed by atoms with Crippen LogP contribution in [0.2, 0.25) is 0 Å². The summed E-state index contributed by atoms with van der Waals surface area (Å²) in [5.41, 5.74) is 1.46. The molecule has 2 amide bonds. The van der Waals surface area contributed by atoms with Crippen LogP contribution in [0, 0.1) is 11.3 Å². The molecule has 31 heavy (non-hydrogen) atoms. The van der Waals surface area contributed by atoms with Gasteiger partial charge in [-0.3, -0.25) is 4.79 Å². The number of furan rings is 1. The van der Waals surface area contributed by atoms with Crippen molar-refractivity contribution in [2.24, 2.45) is 0 Å². The number of anilines is 1. The Balaban J connectivity index is 1.40. The van der Waals surface area contributed by atoms with Crippen molar-refractivity contribution >= 4 is 34.4 Å². The lowest BCUT2D eigenvalue weighted by Crippen LogP contribution is -2.38. The minimum Gasteiger partial charge on any atom is -0.465 e. The standard InChI is InChI=1S/C23H25N3O4S/c1-26(15-5-2-3-6-15)23(28)30-17-8-10-18-19(14-24)22(31-20(18)13-17)25-21(27)11-9-16-7-4-12-29-16/h4,7,9,11-12,15,17H,2-3,5-6,8,10,13H2,1H3,(H,25,27). The molecule has 0 aliphatic heterocycles. The van der Waals surface area contributed by atoms with Gasteiger partial charge in [-0.15, -0.1) is 11.3 Å². The molecule has 0 aromatic carbocycles. The van der Waals surface area contributed by atoms with Gasteiger partial charge in [-0.1, -0.05) is 12.8 Å². The fourth-order valence-electron chi connectivity index (χ4n) is 4.23. The van der Waals surface area contributed by atoms with E-state index < -0.39 is 0 Å². The second-order valence-electron chi connectivity index (χ2n) is 7.96. The van der Waals surface area contributed by atoms with Crippen LogP contribution in [0.3, 0.4) is 0 Å². The Labute approximate surface area is 185 Å². The smallest absolute Gasteiger partial charge is 0.410 e. The molecular weight excluding hydrogens is 414 g/mol. The molecule has 2 heterocycles. The molecule has 2 aliphatic carbocycles. The molecular formula is C23H25N3O4S. The number of fused-ring (bicyclic) bond motifs is 1. The summed E-state index contributed by atoms with van der Waals surface area (Å²) in [5, 5.41) is 13.0. The monoisotopic (exact) mass is 439 g/mol. The Morgan fingerprint density at radius 2 is 2.16 bits per heavy atom.